The Balaban J connectivity index is 3.48. The molecule has 0 saturated carbocycles. The number of methoxy groups -OCH3 is 1. The molecule has 17 heavy (non-hydrogen) atoms. The van der Waals surface area contributed by atoms with E-state index in [4.69, 9.17) is 9.47 Å². The summed E-state index contributed by atoms with van der Waals surface area (Å²) in [4.78, 5) is 2.11. The monoisotopic (exact) mass is 246 g/mol. The van der Waals surface area contributed by atoms with E-state index >= 15 is 0 Å². The lowest BCUT2D eigenvalue weighted by atomic mass is 10.0. The van der Waals surface area contributed by atoms with Crippen molar-refractivity contribution in [1.82, 2.24) is 10.2 Å². The fourth-order valence-corrected chi connectivity index (χ4v) is 1.84. The van der Waals surface area contributed by atoms with Gasteiger partial charge in [-0.15, -0.1) is 0 Å². The molecule has 4 nitrogen and oxygen atoms in total. The lowest BCUT2D eigenvalue weighted by Crippen LogP contribution is -2.27. The van der Waals surface area contributed by atoms with Crippen LogP contribution in [0.3, 0.4) is 0 Å². The molecule has 0 aliphatic carbocycles. The number of likely N-dealkylation sites (N-methyl/N-ethyl adjacent to an activating group) is 1. The molecule has 0 aromatic carbocycles. The summed E-state index contributed by atoms with van der Waals surface area (Å²) in [5, 5.41) is 3.18. The molecule has 2 unspecified atom stereocenters. The lowest BCUT2D eigenvalue weighted by molar-refractivity contribution is 0.0152. The molecule has 0 fully saturated rings. The normalized spacial score (nSPS) is 15.2. The van der Waals surface area contributed by atoms with Gasteiger partial charge in [0.2, 0.25) is 0 Å². The van der Waals surface area contributed by atoms with E-state index in [1.54, 1.807) is 7.11 Å². The number of hydrogen-bond donors (Lipinski definition) is 1. The Morgan fingerprint density at radius 2 is 2.00 bits per heavy atom. The predicted molar refractivity (Wildman–Crippen MR) is 72.2 cm³/mol. The zero-order valence-corrected chi connectivity index (χ0v) is 12.2. The quantitative estimate of drug-likeness (QED) is 0.561. The summed E-state index contributed by atoms with van der Waals surface area (Å²) in [6, 6.07) is 0. The van der Waals surface area contributed by atoms with Crippen LogP contribution < -0.4 is 5.32 Å². The third-order valence-corrected chi connectivity index (χ3v) is 2.85. The maximum atomic E-state index is 5.79. The lowest BCUT2D eigenvalue weighted by Gasteiger charge is -2.20. The second-order valence-electron chi connectivity index (χ2n) is 4.91. The van der Waals surface area contributed by atoms with Crippen molar-refractivity contribution in [2.75, 3.05) is 47.6 Å². The van der Waals surface area contributed by atoms with E-state index in [2.05, 4.69) is 24.1 Å². The minimum absolute atomic E-state index is 0.345. The molecule has 0 aliphatic heterocycles. The van der Waals surface area contributed by atoms with E-state index < -0.39 is 0 Å². The van der Waals surface area contributed by atoms with Gasteiger partial charge >= 0.3 is 0 Å². The number of hydrogen-bond acceptors (Lipinski definition) is 4. The van der Waals surface area contributed by atoms with E-state index in [1.165, 1.54) is 6.42 Å². The highest BCUT2D eigenvalue weighted by atomic mass is 16.5. The molecule has 4 heteroatoms. The summed E-state index contributed by atoms with van der Waals surface area (Å²) in [6.07, 6.45) is 2.70. The Labute approximate surface area is 107 Å². The van der Waals surface area contributed by atoms with Crippen LogP contribution in [-0.4, -0.2) is 58.6 Å². The Hall–Kier alpha value is -0.160. The third kappa shape index (κ3) is 10.7. The van der Waals surface area contributed by atoms with Gasteiger partial charge in [-0.05, 0) is 46.3 Å². The van der Waals surface area contributed by atoms with Crippen molar-refractivity contribution >= 4 is 0 Å². The molecule has 0 saturated heterocycles. The SMILES string of the molecule is CNCCC(C)CC(C)OCCN(C)COC. The standard InChI is InChI=1S/C13H30N2O2/c1-12(6-7-14-3)10-13(2)17-9-8-15(4)11-16-5/h12-14H,6-11H2,1-5H3. The number of rotatable bonds is 11. The Bertz CT molecular complexity index is 167. The second-order valence-corrected chi connectivity index (χ2v) is 4.91. The van der Waals surface area contributed by atoms with Gasteiger partial charge in [-0.2, -0.15) is 0 Å². The number of ether oxygens (including phenoxy) is 2. The highest BCUT2D eigenvalue weighted by molar-refractivity contribution is 4.60. The largest absolute Gasteiger partial charge is 0.377 e. The smallest absolute Gasteiger partial charge is 0.0984 e. The van der Waals surface area contributed by atoms with Crippen LogP contribution in [0.1, 0.15) is 26.7 Å². The Morgan fingerprint density at radius 1 is 1.29 bits per heavy atom. The highest BCUT2D eigenvalue weighted by Gasteiger charge is 2.09. The van der Waals surface area contributed by atoms with Crippen LogP contribution in [-0.2, 0) is 9.47 Å². The van der Waals surface area contributed by atoms with Crippen molar-refractivity contribution < 1.29 is 9.47 Å². The van der Waals surface area contributed by atoms with Gasteiger partial charge < -0.3 is 14.8 Å². The van der Waals surface area contributed by atoms with Gasteiger partial charge in [0, 0.05) is 13.7 Å². The van der Waals surface area contributed by atoms with Crippen molar-refractivity contribution in [1.29, 1.82) is 0 Å². The van der Waals surface area contributed by atoms with Crippen LogP contribution in [0.2, 0.25) is 0 Å². The van der Waals surface area contributed by atoms with Crippen molar-refractivity contribution in [3.8, 4) is 0 Å². The van der Waals surface area contributed by atoms with Crippen molar-refractivity contribution in [3.63, 3.8) is 0 Å². The van der Waals surface area contributed by atoms with Gasteiger partial charge in [0.05, 0.1) is 19.4 Å². The molecule has 0 spiro atoms. The van der Waals surface area contributed by atoms with Crippen LogP contribution in [0.5, 0.6) is 0 Å². The summed E-state index contributed by atoms with van der Waals surface area (Å²) in [6.45, 7) is 7.89. The first-order valence-corrected chi connectivity index (χ1v) is 6.53. The average Bonchev–Trinajstić information content (AvgIpc) is 2.26. The second kappa shape index (κ2) is 11.0. The molecule has 0 aliphatic rings. The van der Waals surface area contributed by atoms with Crippen LogP contribution >= 0.6 is 0 Å². The van der Waals surface area contributed by atoms with E-state index in [-0.39, 0.29) is 0 Å². The van der Waals surface area contributed by atoms with E-state index in [0.29, 0.717) is 18.8 Å². The first-order valence-electron chi connectivity index (χ1n) is 6.53. The molecule has 1 N–H and O–H groups in total. The molecule has 0 aromatic heterocycles. The van der Waals surface area contributed by atoms with E-state index in [0.717, 1.165) is 26.1 Å². The zero-order chi connectivity index (χ0) is 13.1. The van der Waals surface area contributed by atoms with Gasteiger partial charge in [0.25, 0.3) is 0 Å². The van der Waals surface area contributed by atoms with Gasteiger partial charge in [0.15, 0.2) is 0 Å². The van der Waals surface area contributed by atoms with Gasteiger partial charge in [0.1, 0.15) is 0 Å². The average molecular weight is 246 g/mol. The van der Waals surface area contributed by atoms with Crippen LogP contribution in [0, 0.1) is 5.92 Å². The maximum Gasteiger partial charge on any atom is 0.0984 e. The highest BCUT2D eigenvalue weighted by Crippen LogP contribution is 2.11. The number of nitrogens with zero attached hydrogens (tertiary/aromatic N) is 1. The third-order valence-electron chi connectivity index (χ3n) is 2.85. The minimum atomic E-state index is 0.345. The summed E-state index contributed by atoms with van der Waals surface area (Å²) in [7, 11) is 5.74. The topological polar surface area (TPSA) is 33.7 Å². The van der Waals surface area contributed by atoms with Gasteiger partial charge in [-0.25, -0.2) is 0 Å². The summed E-state index contributed by atoms with van der Waals surface area (Å²) in [5.74, 6) is 0.717. The molecular weight excluding hydrogens is 216 g/mol. The molecule has 0 radical (unpaired) electrons. The zero-order valence-electron chi connectivity index (χ0n) is 12.2. The fraction of sp³-hybridized carbons (Fsp3) is 1.00. The van der Waals surface area contributed by atoms with Crippen LogP contribution in [0.15, 0.2) is 0 Å². The summed E-state index contributed by atoms with van der Waals surface area (Å²) in [5.41, 5.74) is 0. The van der Waals surface area contributed by atoms with Crippen molar-refractivity contribution in [2.24, 2.45) is 5.92 Å². The Kier molecular flexibility index (Phi) is 10.9. The molecule has 2 atom stereocenters. The van der Waals surface area contributed by atoms with E-state index in [9.17, 15) is 0 Å². The summed E-state index contributed by atoms with van der Waals surface area (Å²) >= 11 is 0. The molecule has 0 heterocycles. The molecule has 104 valence electrons. The molecular formula is C13H30N2O2. The number of nitrogens with one attached hydrogen (secondary N) is 1. The first-order chi connectivity index (χ1) is 8.10. The molecule has 0 aromatic rings. The first kappa shape index (κ1) is 16.8. The Morgan fingerprint density at radius 3 is 2.59 bits per heavy atom. The maximum absolute atomic E-state index is 5.79. The molecule has 0 rings (SSSR count). The van der Waals surface area contributed by atoms with Crippen molar-refractivity contribution in [2.45, 2.75) is 32.8 Å². The molecule has 0 amide bonds. The van der Waals surface area contributed by atoms with Crippen LogP contribution in [0.25, 0.3) is 0 Å². The molecule has 0 bridgehead atoms. The van der Waals surface area contributed by atoms with Gasteiger partial charge in [-0.3, -0.25) is 4.90 Å². The fourth-order valence-electron chi connectivity index (χ4n) is 1.84. The minimum Gasteiger partial charge on any atom is -0.377 e. The van der Waals surface area contributed by atoms with E-state index in [1.807, 2.05) is 14.1 Å². The van der Waals surface area contributed by atoms with Crippen LogP contribution in [0.4, 0.5) is 0 Å². The van der Waals surface area contributed by atoms with Crippen molar-refractivity contribution in [3.05, 3.63) is 0 Å². The predicted octanol–water partition coefficient (Wildman–Crippen LogP) is 1.56. The van der Waals surface area contributed by atoms with Gasteiger partial charge in [-0.1, -0.05) is 6.92 Å². The summed E-state index contributed by atoms with van der Waals surface area (Å²) < 4.78 is 10.8.